The minimum atomic E-state index is -0.450. The molecule has 0 radical (unpaired) electrons. The summed E-state index contributed by atoms with van der Waals surface area (Å²) in [4.78, 5) is 21.7. The minimum absolute atomic E-state index is 0.0105. The molecule has 1 fully saturated rings. The van der Waals surface area contributed by atoms with Crippen LogP contribution < -0.4 is 10.6 Å². The van der Waals surface area contributed by atoms with Crippen molar-refractivity contribution in [1.29, 1.82) is 0 Å². The fraction of sp³-hybridized carbons (Fsp3) is 0.552. The van der Waals surface area contributed by atoms with Gasteiger partial charge in [0.2, 0.25) is 5.91 Å². The first-order valence-corrected chi connectivity index (χ1v) is 13.2. The van der Waals surface area contributed by atoms with Crippen LogP contribution >= 0.6 is 11.6 Å². The molecule has 6 heteroatoms. The number of aryl methyl sites for hydroxylation is 1. The largest absolute Gasteiger partial charge is 0.366 e. The summed E-state index contributed by atoms with van der Waals surface area (Å²) in [6.45, 7) is 18.3. The summed E-state index contributed by atoms with van der Waals surface area (Å²) >= 11 is 5.74. The van der Waals surface area contributed by atoms with Gasteiger partial charge in [-0.25, -0.2) is 0 Å². The number of nitrogens with two attached hydrogens (primary N) is 1. The second kappa shape index (κ2) is 13.1. The number of halogens is 1. The van der Waals surface area contributed by atoms with Crippen molar-refractivity contribution in [3.05, 3.63) is 58.7 Å². The molecule has 0 saturated heterocycles. The van der Waals surface area contributed by atoms with Gasteiger partial charge in [-0.05, 0) is 56.6 Å². The molecule has 0 atom stereocenters. The fourth-order valence-corrected chi connectivity index (χ4v) is 4.89. The molecular formula is C29H43ClN4O. The van der Waals surface area contributed by atoms with Gasteiger partial charge in [0.15, 0.2) is 0 Å². The summed E-state index contributed by atoms with van der Waals surface area (Å²) in [7, 11) is 0. The van der Waals surface area contributed by atoms with Gasteiger partial charge in [0, 0.05) is 58.8 Å². The average molecular weight is 499 g/mol. The molecule has 1 aromatic heterocycles. The molecule has 1 aliphatic heterocycles. The summed E-state index contributed by atoms with van der Waals surface area (Å²) < 4.78 is 0. The van der Waals surface area contributed by atoms with Crippen molar-refractivity contribution in [2.45, 2.75) is 85.5 Å². The van der Waals surface area contributed by atoms with Gasteiger partial charge in [-0.15, -0.1) is 0 Å². The fourth-order valence-electron chi connectivity index (χ4n) is 4.70. The van der Waals surface area contributed by atoms with E-state index >= 15 is 0 Å². The third-order valence-corrected chi connectivity index (χ3v) is 7.45. The predicted octanol–water partition coefficient (Wildman–Crippen LogP) is 7.06. The molecule has 0 bridgehead atoms. The first kappa shape index (κ1) is 28.8. The summed E-state index contributed by atoms with van der Waals surface area (Å²) in [5, 5.41) is 0.397. The molecule has 0 spiro atoms. The highest BCUT2D eigenvalue weighted by Gasteiger charge is 2.40. The zero-order valence-corrected chi connectivity index (χ0v) is 23.2. The van der Waals surface area contributed by atoms with Crippen LogP contribution in [0, 0.1) is 11.8 Å². The number of primary amides is 1. The SMILES string of the molecule is C=C1N(CC2CCC(C)CC2)c2cc(CC)ncc2C1(C)C.CC=N/C=C(Cl)\C=C(/CC)C(N)=O. The Balaban J connectivity index is 0.000000287. The zero-order chi connectivity index (χ0) is 26.2. The first-order chi connectivity index (χ1) is 16.5. The van der Waals surface area contributed by atoms with E-state index in [9.17, 15) is 4.79 Å². The van der Waals surface area contributed by atoms with Crippen LogP contribution in [0.15, 0.2) is 52.4 Å². The second-order valence-corrected chi connectivity index (χ2v) is 10.6. The lowest BCUT2D eigenvalue weighted by Crippen LogP contribution is -2.31. The number of pyridine rings is 1. The van der Waals surface area contributed by atoms with Crippen molar-refractivity contribution >= 4 is 29.4 Å². The number of carbonyl (C=O) groups is 1. The van der Waals surface area contributed by atoms with Crippen LogP contribution in [0.3, 0.4) is 0 Å². The number of aromatic nitrogens is 1. The highest BCUT2D eigenvalue weighted by molar-refractivity contribution is 6.31. The van der Waals surface area contributed by atoms with Crippen LogP contribution in [0.4, 0.5) is 5.69 Å². The Labute approximate surface area is 217 Å². The molecule has 1 saturated carbocycles. The lowest BCUT2D eigenvalue weighted by molar-refractivity contribution is -0.114. The van der Waals surface area contributed by atoms with Crippen LogP contribution in [0.2, 0.25) is 0 Å². The number of hydrogen-bond donors (Lipinski definition) is 1. The van der Waals surface area contributed by atoms with Gasteiger partial charge in [-0.1, -0.05) is 65.6 Å². The number of aliphatic imine (C=N–C) groups is 1. The monoisotopic (exact) mass is 498 g/mol. The molecule has 2 aliphatic rings. The summed E-state index contributed by atoms with van der Waals surface area (Å²) in [5.74, 6) is 1.28. The third kappa shape index (κ3) is 7.54. The van der Waals surface area contributed by atoms with Gasteiger partial charge in [-0.3, -0.25) is 14.8 Å². The maximum absolute atomic E-state index is 10.8. The van der Waals surface area contributed by atoms with E-state index in [0.717, 1.165) is 24.8 Å². The van der Waals surface area contributed by atoms with Gasteiger partial charge >= 0.3 is 0 Å². The average Bonchev–Trinajstić information content (AvgIpc) is 3.02. The molecule has 1 amide bonds. The van der Waals surface area contributed by atoms with Crippen molar-refractivity contribution in [1.82, 2.24) is 4.98 Å². The maximum atomic E-state index is 10.8. The van der Waals surface area contributed by atoms with Crippen LogP contribution in [-0.4, -0.2) is 23.7 Å². The minimum Gasteiger partial charge on any atom is -0.366 e. The van der Waals surface area contributed by atoms with Crippen molar-refractivity contribution in [3.8, 4) is 0 Å². The maximum Gasteiger partial charge on any atom is 0.244 e. The molecular weight excluding hydrogens is 456 g/mol. The van der Waals surface area contributed by atoms with E-state index in [1.165, 1.54) is 60.6 Å². The lowest BCUT2D eigenvalue weighted by Gasteiger charge is -2.33. The number of rotatable bonds is 7. The number of amides is 1. The molecule has 192 valence electrons. The van der Waals surface area contributed by atoms with E-state index in [0.29, 0.717) is 17.0 Å². The standard InChI is InChI=1S/C20H30N2.C9H13ClN2O/c1-6-17-11-19-18(12-21-17)20(4,5)15(3)22(19)13-16-9-7-14(2)8-10-16;1-3-7(9(11)13)5-8(10)6-12-4-2/h11-12,14,16H,3,6-10,13H2,1-2,4-5H3;4-6H,3H2,1-2H3,(H2,11,13)/b;7-5+,8-6+,12-4?. The van der Waals surface area contributed by atoms with Gasteiger partial charge in [0.1, 0.15) is 0 Å². The Morgan fingerprint density at radius 2 is 1.97 bits per heavy atom. The number of nitrogens with zero attached hydrogens (tertiary/aromatic N) is 3. The highest BCUT2D eigenvalue weighted by atomic mass is 35.5. The Hall–Kier alpha value is -2.40. The van der Waals surface area contributed by atoms with Gasteiger partial charge in [0.25, 0.3) is 0 Å². The quantitative estimate of drug-likeness (QED) is 0.248. The zero-order valence-electron chi connectivity index (χ0n) is 22.4. The van der Waals surface area contributed by atoms with E-state index in [1.54, 1.807) is 13.1 Å². The van der Waals surface area contributed by atoms with Crippen LogP contribution in [0.5, 0.6) is 0 Å². The Morgan fingerprint density at radius 1 is 1.31 bits per heavy atom. The van der Waals surface area contributed by atoms with Crippen molar-refractivity contribution in [2.24, 2.45) is 22.6 Å². The van der Waals surface area contributed by atoms with Crippen LogP contribution in [0.1, 0.15) is 84.9 Å². The molecule has 1 aliphatic carbocycles. The van der Waals surface area contributed by atoms with Gasteiger partial charge in [0.05, 0.1) is 5.03 Å². The summed E-state index contributed by atoms with van der Waals surface area (Å²) in [6.07, 6.45) is 13.7. The van der Waals surface area contributed by atoms with E-state index in [4.69, 9.17) is 17.3 Å². The number of allylic oxidation sites excluding steroid dienone is 3. The second-order valence-electron chi connectivity index (χ2n) is 10.2. The Morgan fingerprint density at radius 3 is 2.51 bits per heavy atom. The molecule has 0 aromatic carbocycles. The predicted molar refractivity (Wildman–Crippen MR) is 150 cm³/mol. The number of fused-ring (bicyclic) bond motifs is 1. The molecule has 2 heterocycles. The molecule has 3 rings (SSSR count). The van der Waals surface area contributed by atoms with Crippen LogP contribution in [-0.2, 0) is 16.6 Å². The van der Waals surface area contributed by atoms with Crippen LogP contribution in [0.25, 0.3) is 0 Å². The number of anilines is 1. The smallest absolute Gasteiger partial charge is 0.244 e. The third-order valence-electron chi connectivity index (χ3n) is 7.25. The summed E-state index contributed by atoms with van der Waals surface area (Å²) in [6, 6.07) is 2.29. The molecule has 1 aromatic rings. The topological polar surface area (TPSA) is 71.6 Å². The Kier molecular flexibility index (Phi) is 10.8. The highest BCUT2D eigenvalue weighted by Crippen LogP contribution is 2.47. The first-order valence-electron chi connectivity index (χ1n) is 12.8. The van der Waals surface area contributed by atoms with E-state index < -0.39 is 5.91 Å². The summed E-state index contributed by atoms with van der Waals surface area (Å²) in [5.41, 5.74) is 10.7. The molecule has 0 unspecified atom stereocenters. The normalized spacial score (nSPS) is 22.1. The van der Waals surface area contributed by atoms with E-state index in [1.807, 2.05) is 6.92 Å². The lowest BCUT2D eigenvalue weighted by atomic mass is 9.82. The van der Waals surface area contributed by atoms with E-state index in [-0.39, 0.29) is 5.41 Å². The van der Waals surface area contributed by atoms with E-state index in [2.05, 4.69) is 61.4 Å². The molecule has 2 N–H and O–H groups in total. The van der Waals surface area contributed by atoms with Gasteiger partial charge < -0.3 is 10.6 Å². The Bertz CT molecular complexity index is 984. The van der Waals surface area contributed by atoms with Gasteiger partial charge in [-0.2, -0.15) is 0 Å². The van der Waals surface area contributed by atoms with Crippen molar-refractivity contribution < 1.29 is 4.79 Å². The number of carbonyl (C=O) groups excluding carboxylic acids is 1. The number of hydrogen-bond acceptors (Lipinski definition) is 4. The molecule has 35 heavy (non-hydrogen) atoms. The van der Waals surface area contributed by atoms with Crippen molar-refractivity contribution in [2.75, 3.05) is 11.4 Å². The van der Waals surface area contributed by atoms with Crippen molar-refractivity contribution in [3.63, 3.8) is 0 Å². The molecule has 5 nitrogen and oxygen atoms in total.